The van der Waals surface area contributed by atoms with E-state index in [-0.39, 0.29) is 0 Å². The molecule has 94 valence electrons. The van der Waals surface area contributed by atoms with E-state index in [0.29, 0.717) is 22.4 Å². The number of halogens is 1. The average molecular weight is 256 g/mol. The van der Waals surface area contributed by atoms with Crippen LogP contribution in [0, 0.1) is 6.92 Å². The minimum Gasteiger partial charge on any atom is -0.507 e. The lowest BCUT2D eigenvalue weighted by molar-refractivity contribution is 0.394. The van der Waals surface area contributed by atoms with Crippen LogP contribution in [0.3, 0.4) is 0 Å². The summed E-state index contributed by atoms with van der Waals surface area (Å²) in [5, 5.41) is 14.1. The van der Waals surface area contributed by atoms with Gasteiger partial charge in [0.25, 0.3) is 0 Å². The molecule has 3 nitrogen and oxygen atoms in total. The fourth-order valence-corrected chi connectivity index (χ4v) is 2.79. The van der Waals surface area contributed by atoms with Crippen molar-refractivity contribution >= 4 is 11.6 Å². The van der Waals surface area contributed by atoms with Crippen LogP contribution in [-0.2, 0) is 0 Å². The van der Waals surface area contributed by atoms with Crippen LogP contribution >= 0.6 is 11.6 Å². The molecule has 1 unspecified atom stereocenters. The van der Waals surface area contributed by atoms with Gasteiger partial charge in [-0.25, -0.2) is 0 Å². The zero-order valence-electron chi connectivity index (χ0n) is 10.2. The molecular formula is C13H18ClNO2. The molecule has 0 aromatic heterocycles. The molecule has 0 amide bonds. The zero-order valence-corrected chi connectivity index (χ0v) is 11.0. The van der Waals surface area contributed by atoms with Gasteiger partial charge in [-0.1, -0.05) is 11.6 Å². The van der Waals surface area contributed by atoms with E-state index >= 15 is 0 Å². The fourth-order valence-electron chi connectivity index (χ4n) is 2.45. The Labute approximate surface area is 107 Å². The van der Waals surface area contributed by atoms with Crippen LogP contribution in [0.2, 0.25) is 5.02 Å². The van der Waals surface area contributed by atoms with Crippen molar-refractivity contribution in [3.8, 4) is 11.5 Å². The summed E-state index contributed by atoms with van der Waals surface area (Å²) in [6.45, 7) is 3.79. The number of methoxy groups -OCH3 is 1. The van der Waals surface area contributed by atoms with Gasteiger partial charge in [0.1, 0.15) is 11.5 Å². The molecule has 4 heteroatoms. The molecule has 2 N–H and O–H groups in total. The highest BCUT2D eigenvalue weighted by molar-refractivity contribution is 6.32. The quantitative estimate of drug-likeness (QED) is 0.854. The number of phenols is 1. The van der Waals surface area contributed by atoms with Crippen LogP contribution < -0.4 is 10.1 Å². The largest absolute Gasteiger partial charge is 0.507 e. The van der Waals surface area contributed by atoms with Gasteiger partial charge in [-0.05, 0) is 32.4 Å². The lowest BCUT2D eigenvalue weighted by Crippen LogP contribution is -2.28. The monoisotopic (exact) mass is 255 g/mol. The lowest BCUT2D eigenvalue weighted by Gasteiger charge is -2.25. The molecule has 0 saturated carbocycles. The molecular weight excluding hydrogens is 238 g/mol. The number of benzene rings is 1. The van der Waals surface area contributed by atoms with Crippen molar-refractivity contribution in [1.82, 2.24) is 5.32 Å². The summed E-state index contributed by atoms with van der Waals surface area (Å²) in [5.74, 6) is 1.22. The third-order valence-corrected chi connectivity index (χ3v) is 3.69. The Hall–Kier alpha value is -0.930. The Morgan fingerprint density at radius 2 is 2.29 bits per heavy atom. The Kier molecular flexibility index (Phi) is 3.79. The molecule has 1 aliphatic rings. The Morgan fingerprint density at radius 3 is 2.88 bits per heavy atom. The van der Waals surface area contributed by atoms with E-state index < -0.39 is 0 Å². The highest BCUT2D eigenvalue weighted by atomic mass is 35.5. The molecule has 1 saturated heterocycles. The molecule has 1 aliphatic heterocycles. The molecule has 1 heterocycles. The van der Waals surface area contributed by atoms with Crippen LogP contribution in [0.5, 0.6) is 11.5 Å². The van der Waals surface area contributed by atoms with E-state index in [4.69, 9.17) is 16.3 Å². The van der Waals surface area contributed by atoms with Gasteiger partial charge in [-0.2, -0.15) is 0 Å². The SMILES string of the molecule is COc1c(Cl)cc(C2CCCNC2)c(O)c1C. The van der Waals surface area contributed by atoms with Crippen molar-refractivity contribution in [2.75, 3.05) is 20.2 Å². The number of ether oxygens (including phenoxy) is 1. The lowest BCUT2D eigenvalue weighted by atomic mass is 9.89. The summed E-state index contributed by atoms with van der Waals surface area (Å²) in [7, 11) is 1.56. The topological polar surface area (TPSA) is 41.5 Å². The minimum absolute atomic E-state index is 0.319. The van der Waals surface area contributed by atoms with Crippen molar-refractivity contribution in [2.45, 2.75) is 25.7 Å². The predicted molar refractivity (Wildman–Crippen MR) is 69.3 cm³/mol. The Bertz CT molecular complexity index is 414. The summed E-state index contributed by atoms with van der Waals surface area (Å²) < 4.78 is 5.19. The van der Waals surface area contributed by atoms with Gasteiger partial charge < -0.3 is 15.2 Å². The van der Waals surface area contributed by atoms with Gasteiger partial charge in [-0.3, -0.25) is 0 Å². The molecule has 0 bridgehead atoms. The number of aromatic hydroxyl groups is 1. The zero-order chi connectivity index (χ0) is 12.4. The maximum absolute atomic E-state index is 10.2. The van der Waals surface area contributed by atoms with E-state index in [1.165, 1.54) is 0 Å². The fraction of sp³-hybridized carbons (Fsp3) is 0.538. The normalized spacial score (nSPS) is 20.3. The summed E-state index contributed by atoms with van der Waals surface area (Å²) in [4.78, 5) is 0. The van der Waals surface area contributed by atoms with Gasteiger partial charge in [0.05, 0.1) is 12.1 Å². The molecule has 1 atom stereocenters. The van der Waals surface area contributed by atoms with Crippen LogP contribution in [0.4, 0.5) is 0 Å². The number of piperidine rings is 1. The van der Waals surface area contributed by atoms with Gasteiger partial charge in [-0.15, -0.1) is 0 Å². The maximum Gasteiger partial charge on any atom is 0.144 e. The highest BCUT2D eigenvalue weighted by Gasteiger charge is 2.22. The van der Waals surface area contributed by atoms with Gasteiger partial charge in [0.2, 0.25) is 0 Å². The minimum atomic E-state index is 0.319. The van der Waals surface area contributed by atoms with E-state index in [0.717, 1.165) is 37.1 Å². The number of phenolic OH excluding ortho intramolecular Hbond substituents is 1. The molecule has 1 fully saturated rings. The van der Waals surface area contributed by atoms with Crippen molar-refractivity contribution in [1.29, 1.82) is 0 Å². The molecule has 0 radical (unpaired) electrons. The molecule has 0 aliphatic carbocycles. The smallest absolute Gasteiger partial charge is 0.144 e. The standard InChI is InChI=1S/C13H18ClNO2/c1-8-12(16)10(6-11(14)13(8)17-2)9-4-3-5-15-7-9/h6,9,15-16H,3-5,7H2,1-2H3. The van der Waals surface area contributed by atoms with Gasteiger partial charge in [0, 0.05) is 23.6 Å². The van der Waals surface area contributed by atoms with Crippen LogP contribution in [-0.4, -0.2) is 25.3 Å². The Balaban J connectivity index is 2.40. The van der Waals surface area contributed by atoms with Crippen LogP contribution in [0.1, 0.15) is 29.9 Å². The van der Waals surface area contributed by atoms with Crippen molar-refractivity contribution in [3.63, 3.8) is 0 Å². The first-order chi connectivity index (χ1) is 8.15. The highest BCUT2D eigenvalue weighted by Crippen LogP contribution is 2.41. The molecule has 1 aromatic carbocycles. The predicted octanol–water partition coefficient (Wildman–Crippen LogP) is 2.83. The number of hydrogen-bond acceptors (Lipinski definition) is 3. The third kappa shape index (κ3) is 2.35. The van der Waals surface area contributed by atoms with Crippen molar-refractivity contribution in [3.05, 3.63) is 22.2 Å². The van der Waals surface area contributed by atoms with E-state index in [2.05, 4.69) is 5.32 Å². The molecule has 2 rings (SSSR count). The second-order valence-corrected chi connectivity index (χ2v) is 4.90. The summed E-state index contributed by atoms with van der Waals surface area (Å²) in [5.41, 5.74) is 1.65. The summed E-state index contributed by atoms with van der Waals surface area (Å²) in [6, 6.07) is 1.83. The number of hydrogen-bond donors (Lipinski definition) is 2. The van der Waals surface area contributed by atoms with E-state index in [9.17, 15) is 5.11 Å². The summed E-state index contributed by atoms with van der Waals surface area (Å²) in [6.07, 6.45) is 2.22. The first kappa shape index (κ1) is 12.5. The van der Waals surface area contributed by atoms with Gasteiger partial charge >= 0.3 is 0 Å². The van der Waals surface area contributed by atoms with Crippen LogP contribution in [0.15, 0.2) is 6.07 Å². The second kappa shape index (κ2) is 5.15. The second-order valence-electron chi connectivity index (χ2n) is 4.50. The molecule has 0 spiro atoms. The van der Waals surface area contributed by atoms with Crippen LogP contribution in [0.25, 0.3) is 0 Å². The van der Waals surface area contributed by atoms with Gasteiger partial charge in [0.15, 0.2) is 0 Å². The average Bonchev–Trinajstić information content (AvgIpc) is 2.35. The molecule has 17 heavy (non-hydrogen) atoms. The Morgan fingerprint density at radius 1 is 1.53 bits per heavy atom. The summed E-state index contributed by atoms with van der Waals surface area (Å²) >= 11 is 6.17. The van der Waals surface area contributed by atoms with E-state index in [1.807, 2.05) is 13.0 Å². The number of rotatable bonds is 2. The first-order valence-electron chi connectivity index (χ1n) is 5.91. The maximum atomic E-state index is 10.2. The third-order valence-electron chi connectivity index (χ3n) is 3.41. The van der Waals surface area contributed by atoms with Crippen molar-refractivity contribution in [2.24, 2.45) is 0 Å². The number of nitrogens with one attached hydrogen (secondary N) is 1. The van der Waals surface area contributed by atoms with Crippen molar-refractivity contribution < 1.29 is 9.84 Å². The van der Waals surface area contributed by atoms with E-state index in [1.54, 1.807) is 7.11 Å². The molecule has 1 aromatic rings. The first-order valence-corrected chi connectivity index (χ1v) is 6.29.